The number of allylic oxidation sites excluding steroid dienone is 10. The zero-order valence-electron chi connectivity index (χ0n) is 20.0. The molecule has 1 N–H and O–H groups in total. The first-order valence-electron chi connectivity index (χ1n) is 11.1. The summed E-state index contributed by atoms with van der Waals surface area (Å²) in [4.78, 5) is 35.5. The lowest BCUT2D eigenvalue weighted by Crippen LogP contribution is -2.30. The van der Waals surface area contributed by atoms with E-state index in [1.807, 2.05) is 13.0 Å². The molecule has 0 aromatic rings. The van der Waals surface area contributed by atoms with E-state index < -0.39 is 5.60 Å². The van der Waals surface area contributed by atoms with Crippen LogP contribution in [-0.4, -0.2) is 28.1 Å². The van der Waals surface area contributed by atoms with E-state index in [0.717, 1.165) is 25.7 Å². The molecule has 0 unspecified atom stereocenters. The fourth-order valence-corrected chi connectivity index (χ4v) is 3.26. The molecule has 0 saturated heterocycles. The SMILES string of the molecule is CC(=CCCC(C)=CCC1=CC(=O)C=C(C)C1=O)CCC=C(C)CCC(=O)C(C)(C)O. The summed E-state index contributed by atoms with van der Waals surface area (Å²) in [6.07, 6.45) is 14.7. The summed E-state index contributed by atoms with van der Waals surface area (Å²) < 4.78 is 0. The van der Waals surface area contributed by atoms with Crippen LogP contribution in [0.4, 0.5) is 0 Å². The van der Waals surface area contributed by atoms with E-state index in [1.54, 1.807) is 6.92 Å². The van der Waals surface area contributed by atoms with Crippen molar-refractivity contribution in [1.29, 1.82) is 0 Å². The summed E-state index contributed by atoms with van der Waals surface area (Å²) in [6, 6.07) is 0. The Morgan fingerprint density at radius 2 is 1.39 bits per heavy atom. The van der Waals surface area contributed by atoms with Crippen molar-refractivity contribution < 1.29 is 19.5 Å². The highest BCUT2D eigenvalue weighted by atomic mass is 16.3. The molecule has 0 radical (unpaired) electrons. The molecule has 1 aliphatic rings. The van der Waals surface area contributed by atoms with Crippen LogP contribution in [-0.2, 0) is 14.4 Å². The van der Waals surface area contributed by atoms with Gasteiger partial charge in [0.2, 0.25) is 0 Å². The van der Waals surface area contributed by atoms with Crippen molar-refractivity contribution in [3.8, 4) is 0 Å². The second kappa shape index (κ2) is 12.5. The molecule has 4 heteroatoms. The average molecular weight is 427 g/mol. The molecule has 170 valence electrons. The summed E-state index contributed by atoms with van der Waals surface area (Å²) in [5.41, 5.74) is 3.57. The number of carbonyl (C=O) groups is 3. The molecule has 0 atom stereocenters. The molecular weight excluding hydrogens is 388 g/mol. The van der Waals surface area contributed by atoms with Crippen LogP contribution >= 0.6 is 0 Å². The van der Waals surface area contributed by atoms with Crippen molar-refractivity contribution in [3.63, 3.8) is 0 Å². The Bertz CT molecular complexity index is 839. The second-order valence-corrected chi connectivity index (χ2v) is 9.14. The Hall–Kier alpha value is -2.33. The van der Waals surface area contributed by atoms with Crippen LogP contribution in [0.5, 0.6) is 0 Å². The topological polar surface area (TPSA) is 71.4 Å². The average Bonchev–Trinajstić information content (AvgIpc) is 2.66. The molecule has 1 aliphatic carbocycles. The monoisotopic (exact) mass is 426 g/mol. The van der Waals surface area contributed by atoms with Gasteiger partial charge in [-0.05, 0) is 92.2 Å². The third-order valence-corrected chi connectivity index (χ3v) is 5.49. The number of rotatable bonds is 12. The van der Waals surface area contributed by atoms with Gasteiger partial charge < -0.3 is 5.11 Å². The van der Waals surface area contributed by atoms with E-state index in [9.17, 15) is 19.5 Å². The minimum absolute atomic E-state index is 0.0350. The predicted molar refractivity (Wildman–Crippen MR) is 127 cm³/mol. The highest BCUT2D eigenvalue weighted by Gasteiger charge is 2.22. The Kier molecular flexibility index (Phi) is 10.8. The normalized spacial score (nSPS) is 16.4. The van der Waals surface area contributed by atoms with Crippen molar-refractivity contribution in [3.05, 3.63) is 58.2 Å². The largest absolute Gasteiger partial charge is 0.383 e. The van der Waals surface area contributed by atoms with Crippen LogP contribution in [0.3, 0.4) is 0 Å². The number of ketones is 3. The van der Waals surface area contributed by atoms with Crippen LogP contribution in [0, 0.1) is 0 Å². The lowest BCUT2D eigenvalue weighted by atomic mass is 9.94. The lowest BCUT2D eigenvalue weighted by Gasteiger charge is -2.15. The Morgan fingerprint density at radius 3 is 1.94 bits per heavy atom. The number of aliphatic hydroxyl groups is 1. The highest BCUT2D eigenvalue weighted by Crippen LogP contribution is 2.19. The van der Waals surface area contributed by atoms with Crippen molar-refractivity contribution in [2.45, 2.75) is 92.1 Å². The third-order valence-electron chi connectivity index (χ3n) is 5.49. The molecule has 0 heterocycles. The van der Waals surface area contributed by atoms with Crippen molar-refractivity contribution in [2.24, 2.45) is 0 Å². The molecule has 0 aromatic heterocycles. The minimum atomic E-state index is -1.25. The Labute approximate surface area is 187 Å². The van der Waals surface area contributed by atoms with E-state index in [4.69, 9.17) is 0 Å². The first-order chi connectivity index (χ1) is 14.4. The quantitative estimate of drug-likeness (QED) is 0.310. The van der Waals surface area contributed by atoms with E-state index in [-0.39, 0.29) is 17.3 Å². The summed E-state index contributed by atoms with van der Waals surface area (Å²) in [5, 5.41) is 9.69. The molecule has 0 fully saturated rings. The summed E-state index contributed by atoms with van der Waals surface area (Å²) in [7, 11) is 0. The number of hydrogen-bond acceptors (Lipinski definition) is 4. The predicted octanol–water partition coefficient (Wildman–Crippen LogP) is 5.92. The first kappa shape index (κ1) is 26.7. The van der Waals surface area contributed by atoms with Crippen LogP contribution < -0.4 is 0 Å². The van der Waals surface area contributed by atoms with Gasteiger partial charge in [0.1, 0.15) is 5.60 Å². The van der Waals surface area contributed by atoms with Gasteiger partial charge in [-0.15, -0.1) is 0 Å². The lowest BCUT2D eigenvalue weighted by molar-refractivity contribution is -0.134. The summed E-state index contributed by atoms with van der Waals surface area (Å²) in [6.45, 7) is 11.0. The highest BCUT2D eigenvalue weighted by molar-refractivity contribution is 6.20. The first-order valence-corrected chi connectivity index (χ1v) is 11.1. The van der Waals surface area contributed by atoms with Gasteiger partial charge in [-0.3, -0.25) is 14.4 Å². The maximum Gasteiger partial charge on any atom is 0.185 e. The molecule has 4 nitrogen and oxygen atoms in total. The zero-order valence-corrected chi connectivity index (χ0v) is 20.0. The minimum Gasteiger partial charge on any atom is -0.383 e. The number of Topliss-reactive ketones (excluding diaryl/α,β-unsaturated/α-hetero) is 2. The van der Waals surface area contributed by atoms with Gasteiger partial charge in [-0.25, -0.2) is 0 Å². The van der Waals surface area contributed by atoms with Gasteiger partial charge in [0, 0.05) is 17.6 Å². The molecule has 0 spiro atoms. The second-order valence-electron chi connectivity index (χ2n) is 9.14. The van der Waals surface area contributed by atoms with Crippen LogP contribution in [0.15, 0.2) is 58.2 Å². The molecule has 0 bridgehead atoms. The van der Waals surface area contributed by atoms with Gasteiger partial charge in [-0.1, -0.05) is 34.9 Å². The molecule has 31 heavy (non-hydrogen) atoms. The maximum absolute atomic E-state index is 12.1. The molecule has 0 saturated carbocycles. The Balaban J connectivity index is 2.37. The standard InChI is InChI=1S/C27H38O4/c1-19(10-8-12-21(3)14-16-25(29)27(5,6)31)9-7-11-20(2)13-15-23-18-24(28)17-22(4)26(23)30/h9,12-13,17-18,31H,7-8,10-11,14-16H2,1-6H3. The van der Waals surface area contributed by atoms with Gasteiger partial charge in [-0.2, -0.15) is 0 Å². The van der Waals surface area contributed by atoms with Crippen LogP contribution in [0.2, 0.25) is 0 Å². The molecule has 1 rings (SSSR count). The summed E-state index contributed by atoms with van der Waals surface area (Å²) in [5.74, 6) is -0.265. The van der Waals surface area contributed by atoms with E-state index in [2.05, 4.69) is 26.0 Å². The smallest absolute Gasteiger partial charge is 0.185 e. The van der Waals surface area contributed by atoms with Gasteiger partial charge >= 0.3 is 0 Å². The fourth-order valence-electron chi connectivity index (χ4n) is 3.26. The molecule has 0 aromatic carbocycles. The number of carbonyl (C=O) groups excluding carboxylic acids is 3. The Morgan fingerprint density at radius 1 is 0.871 bits per heavy atom. The molecule has 0 amide bonds. The van der Waals surface area contributed by atoms with Gasteiger partial charge in [0.15, 0.2) is 17.3 Å². The van der Waals surface area contributed by atoms with E-state index in [0.29, 0.717) is 30.4 Å². The molecular formula is C27H38O4. The summed E-state index contributed by atoms with van der Waals surface area (Å²) >= 11 is 0. The van der Waals surface area contributed by atoms with Crippen molar-refractivity contribution in [1.82, 2.24) is 0 Å². The van der Waals surface area contributed by atoms with Crippen molar-refractivity contribution in [2.75, 3.05) is 0 Å². The van der Waals surface area contributed by atoms with Gasteiger partial charge in [0.25, 0.3) is 0 Å². The van der Waals surface area contributed by atoms with Crippen molar-refractivity contribution >= 4 is 17.3 Å². The van der Waals surface area contributed by atoms with E-state index in [1.165, 1.54) is 42.7 Å². The van der Waals surface area contributed by atoms with Crippen LogP contribution in [0.1, 0.15) is 86.5 Å². The van der Waals surface area contributed by atoms with E-state index >= 15 is 0 Å². The zero-order chi connectivity index (χ0) is 23.6. The fraction of sp³-hybridized carbons (Fsp3) is 0.519. The molecule has 0 aliphatic heterocycles. The maximum atomic E-state index is 12.1. The van der Waals surface area contributed by atoms with Crippen LogP contribution in [0.25, 0.3) is 0 Å². The third kappa shape index (κ3) is 10.5. The number of hydrogen-bond donors (Lipinski definition) is 1. The van der Waals surface area contributed by atoms with Gasteiger partial charge in [0.05, 0.1) is 0 Å².